The molecule has 1 amide bonds. The third-order valence-corrected chi connectivity index (χ3v) is 7.10. The van der Waals surface area contributed by atoms with Crippen LogP contribution < -0.4 is 19.5 Å². The van der Waals surface area contributed by atoms with Crippen molar-refractivity contribution >= 4 is 5.91 Å². The van der Waals surface area contributed by atoms with Crippen LogP contribution in [0.5, 0.6) is 17.2 Å². The number of aryl methyl sites for hydroxylation is 1. The molecule has 3 aromatic carbocycles. The van der Waals surface area contributed by atoms with Crippen molar-refractivity contribution in [3.05, 3.63) is 88.5 Å². The zero-order chi connectivity index (χ0) is 25.7. The molecular formula is C30H36N2O4. The van der Waals surface area contributed by atoms with Crippen molar-refractivity contribution in [1.82, 2.24) is 10.2 Å². The number of fused-ring (bicyclic) bond motifs is 1. The number of hydrogen-bond acceptors (Lipinski definition) is 5. The molecule has 3 aromatic rings. The predicted octanol–water partition coefficient (Wildman–Crippen LogP) is 5.33. The van der Waals surface area contributed by atoms with E-state index in [2.05, 4.69) is 41.4 Å². The lowest BCUT2D eigenvalue weighted by Crippen LogP contribution is -2.48. The van der Waals surface area contributed by atoms with Gasteiger partial charge in [-0.2, -0.15) is 0 Å². The van der Waals surface area contributed by atoms with E-state index in [0.29, 0.717) is 11.3 Å². The highest BCUT2D eigenvalue weighted by Crippen LogP contribution is 2.40. The van der Waals surface area contributed by atoms with Crippen LogP contribution in [0.1, 0.15) is 52.0 Å². The third kappa shape index (κ3) is 5.34. The fraction of sp³-hybridized carbons (Fsp3) is 0.367. The number of amides is 1. The van der Waals surface area contributed by atoms with E-state index in [1.165, 1.54) is 16.7 Å². The van der Waals surface area contributed by atoms with E-state index in [4.69, 9.17) is 14.2 Å². The first-order chi connectivity index (χ1) is 17.5. The molecule has 0 radical (unpaired) electrons. The summed E-state index contributed by atoms with van der Waals surface area (Å²) in [6.45, 7) is 5.73. The van der Waals surface area contributed by atoms with Gasteiger partial charge in [0.1, 0.15) is 5.75 Å². The lowest BCUT2D eigenvalue weighted by Gasteiger charge is -2.42. The second-order valence-electron chi connectivity index (χ2n) is 9.22. The van der Waals surface area contributed by atoms with Crippen LogP contribution in [0.25, 0.3) is 0 Å². The van der Waals surface area contributed by atoms with Crippen LogP contribution in [-0.4, -0.2) is 44.7 Å². The summed E-state index contributed by atoms with van der Waals surface area (Å²) in [5, 5.41) is 3.36. The second-order valence-corrected chi connectivity index (χ2v) is 9.22. The van der Waals surface area contributed by atoms with Gasteiger partial charge in [-0.05, 0) is 72.4 Å². The van der Waals surface area contributed by atoms with Crippen LogP contribution in [0.15, 0.2) is 60.7 Å². The first kappa shape index (κ1) is 25.6. The highest BCUT2D eigenvalue weighted by Gasteiger charge is 2.35. The third-order valence-electron chi connectivity index (χ3n) is 7.10. The molecule has 0 aliphatic carbocycles. The molecule has 0 unspecified atom stereocenters. The maximum absolute atomic E-state index is 13.4. The Morgan fingerprint density at radius 1 is 1.00 bits per heavy atom. The maximum Gasteiger partial charge on any atom is 0.251 e. The standard InChI is InChI=1S/C30H36N2O4/c1-6-26(31-30(33)24-10-8-7-9-20(24)2)29-25-18-28(36-5)27(35-4)17-22(25)15-16-32(29)19-21-11-13-23(34-3)14-12-21/h7-14,17-18,26,29H,6,15-16,19H2,1-5H3,(H,31,33)/t26-,29+/m1/s1. The maximum atomic E-state index is 13.4. The van der Waals surface area contributed by atoms with Crippen molar-refractivity contribution in [2.24, 2.45) is 0 Å². The summed E-state index contributed by atoms with van der Waals surface area (Å²) in [7, 11) is 5.00. The average Bonchev–Trinajstić information content (AvgIpc) is 2.91. The normalized spacial score (nSPS) is 16.1. The van der Waals surface area contributed by atoms with Gasteiger partial charge in [-0.15, -0.1) is 0 Å². The summed E-state index contributed by atoms with van der Waals surface area (Å²) < 4.78 is 16.6. The number of methoxy groups -OCH3 is 3. The van der Waals surface area contributed by atoms with Crippen molar-refractivity contribution in [3.63, 3.8) is 0 Å². The largest absolute Gasteiger partial charge is 0.497 e. The summed E-state index contributed by atoms with van der Waals surface area (Å²) in [6, 6.07) is 20.0. The van der Waals surface area contributed by atoms with Crippen LogP contribution >= 0.6 is 0 Å². The van der Waals surface area contributed by atoms with Gasteiger partial charge in [0.05, 0.1) is 27.4 Å². The topological polar surface area (TPSA) is 60.0 Å². The number of rotatable bonds is 9. The number of ether oxygens (including phenoxy) is 3. The van der Waals surface area contributed by atoms with Gasteiger partial charge in [0.25, 0.3) is 5.91 Å². The van der Waals surface area contributed by atoms with Crippen molar-refractivity contribution in [2.45, 2.75) is 45.3 Å². The van der Waals surface area contributed by atoms with Crippen molar-refractivity contribution in [2.75, 3.05) is 27.9 Å². The summed E-state index contributed by atoms with van der Waals surface area (Å²) >= 11 is 0. The van der Waals surface area contributed by atoms with Crippen molar-refractivity contribution < 1.29 is 19.0 Å². The molecule has 1 heterocycles. The molecule has 0 spiro atoms. The highest BCUT2D eigenvalue weighted by molar-refractivity contribution is 5.95. The minimum absolute atomic E-state index is 0.0198. The zero-order valence-electron chi connectivity index (χ0n) is 21.8. The predicted molar refractivity (Wildman–Crippen MR) is 142 cm³/mol. The zero-order valence-corrected chi connectivity index (χ0v) is 21.8. The molecule has 0 fully saturated rings. The molecule has 2 atom stereocenters. The van der Waals surface area contributed by atoms with Crippen molar-refractivity contribution in [3.8, 4) is 17.2 Å². The highest BCUT2D eigenvalue weighted by atomic mass is 16.5. The number of nitrogens with zero attached hydrogens (tertiary/aromatic N) is 1. The van der Waals surface area contributed by atoms with Crippen LogP contribution in [0, 0.1) is 6.92 Å². The van der Waals surface area contributed by atoms with Crippen LogP contribution in [0.2, 0.25) is 0 Å². The lowest BCUT2D eigenvalue weighted by molar-refractivity contribution is 0.0858. The molecule has 190 valence electrons. The van der Waals surface area contributed by atoms with Gasteiger partial charge in [0.2, 0.25) is 0 Å². The van der Waals surface area contributed by atoms with E-state index in [-0.39, 0.29) is 18.0 Å². The molecule has 6 heteroatoms. The minimum atomic E-state index is -0.0903. The quantitative estimate of drug-likeness (QED) is 0.441. The Morgan fingerprint density at radius 2 is 1.69 bits per heavy atom. The Labute approximate surface area is 214 Å². The molecule has 1 N–H and O–H groups in total. The number of carbonyl (C=O) groups is 1. The average molecular weight is 489 g/mol. The van der Waals surface area contributed by atoms with Gasteiger partial charge in [0, 0.05) is 24.7 Å². The summed E-state index contributed by atoms with van der Waals surface area (Å²) in [5.41, 5.74) is 5.28. The van der Waals surface area contributed by atoms with E-state index in [1.807, 2.05) is 43.3 Å². The van der Waals surface area contributed by atoms with Gasteiger partial charge < -0.3 is 19.5 Å². The van der Waals surface area contributed by atoms with Gasteiger partial charge in [-0.3, -0.25) is 9.69 Å². The van der Waals surface area contributed by atoms with E-state index >= 15 is 0 Å². The lowest BCUT2D eigenvalue weighted by atomic mass is 9.86. The molecule has 0 aromatic heterocycles. The van der Waals surface area contributed by atoms with Crippen LogP contribution in [-0.2, 0) is 13.0 Å². The first-order valence-corrected chi connectivity index (χ1v) is 12.5. The molecule has 1 aliphatic rings. The fourth-order valence-corrected chi connectivity index (χ4v) is 5.12. The number of hydrogen-bond donors (Lipinski definition) is 1. The Bertz CT molecular complexity index is 1190. The van der Waals surface area contributed by atoms with Crippen molar-refractivity contribution in [1.29, 1.82) is 0 Å². The molecule has 0 saturated carbocycles. The Hall–Kier alpha value is -3.51. The first-order valence-electron chi connectivity index (χ1n) is 12.5. The molecule has 6 nitrogen and oxygen atoms in total. The fourth-order valence-electron chi connectivity index (χ4n) is 5.12. The smallest absolute Gasteiger partial charge is 0.251 e. The Kier molecular flexibility index (Phi) is 8.16. The second kappa shape index (κ2) is 11.5. The van der Waals surface area contributed by atoms with Gasteiger partial charge in [0.15, 0.2) is 11.5 Å². The summed E-state index contributed by atoms with van der Waals surface area (Å²) in [4.78, 5) is 15.8. The van der Waals surface area contributed by atoms with E-state index in [9.17, 15) is 4.79 Å². The molecule has 0 saturated heterocycles. The number of nitrogens with one attached hydrogen (secondary N) is 1. The summed E-state index contributed by atoms with van der Waals surface area (Å²) in [6.07, 6.45) is 1.68. The van der Waals surface area contributed by atoms with E-state index in [1.54, 1.807) is 21.3 Å². The van der Waals surface area contributed by atoms with E-state index < -0.39 is 0 Å². The van der Waals surface area contributed by atoms with Gasteiger partial charge >= 0.3 is 0 Å². The van der Waals surface area contributed by atoms with Crippen LogP contribution in [0.4, 0.5) is 0 Å². The van der Waals surface area contributed by atoms with E-state index in [0.717, 1.165) is 43.0 Å². The minimum Gasteiger partial charge on any atom is -0.497 e. The van der Waals surface area contributed by atoms with Crippen LogP contribution in [0.3, 0.4) is 0 Å². The monoisotopic (exact) mass is 488 g/mol. The number of carbonyl (C=O) groups excluding carboxylic acids is 1. The molecule has 36 heavy (non-hydrogen) atoms. The Morgan fingerprint density at radius 3 is 2.33 bits per heavy atom. The molecule has 0 bridgehead atoms. The Balaban J connectivity index is 1.72. The molecule has 1 aliphatic heterocycles. The van der Waals surface area contributed by atoms with Gasteiger partial charge in [-0.25, -0.2) is 0 Å². The SMILES string of the molecule is CC[C@@H](NC(=O)c1ccccc1C)[C@@H]1c2cc(OC)c(OC)cc2CCN1Cc1ccc(OC)cc1. The van der Waals surface area contributed by atoms with Gasteiger partial charge in [-0.1, -0.05) is 37.3 Å². The number of benzene rings is 3. The molecular weight excluding hydrogens is 452 g/mol. The summed E-state index contributed by atoms with van der Waals surface area (Å²) in [5.74, 6) is 2.23. The molecule has 4 rings (SSSR count).